The van der Waals surface area contributed by atoms with Gasteiger partial charge in [0.05, 0.1) is 13.7 Å². The predicted octanol–water partition coefficient (Wildman–Crippen LogP) is 3.74. The van der Waals surface area contributed by atoms with E-state index in [9.17, 15) is 14.3 Å². The summed E-state index contributed by atoms with van der Waals surface area (Å²) in [5.41, 5.74) is 1.86. The summed E-state index contributed by atoms with van der Waals surface area (Å²) in [4.78, 5) is 14.3. The lowest BCUT2D eigenvalue weighted by molar-refractivity contribution is 0.0146. The second-order valence-corrected chi connectivity index (χ2v) is 7.09. The number of carbonyl (C=O) groups excluding carboxylic acids is 1. The summed E-state index contributed by atoms with van der Waals surface area (Å²) in [6.07, 6.45) is 3.02. The Morgan fingerprint density at radius 3 is 2.46 bits per heavy atom. The summed E-state index contributed by atoms with van der Waals surface area (Å²) >= 11 is 0. The van der Waals surface area contributed by atoms with Crippen molar-refractivity contribution in [1.29, 1.82) is 0 Å². The van der Waals surface area contributed by atoms with Gasteiger partial charge in [-0.2, -0.15) is 0 Å². The molecule has 1 aliphatic rings. The number of benzene rings is 2. The zero-order valence-corrected chi connectivity index (χ0v) is 15.2. The maximum Gasteiger partial charge on any atom is 0.253 e. The van der Waals surface area contributed by atoms with Crippen molar-refractivity contribution in [3.8, 4) is 16.9 Å². The standard InChI is InChI=1S/C21H24FNO3/c1-23(13-21(14-24)10-3-11-21)20(25)16-6-4-15(5-7-16)18-12-17(22)8-9-19(18)26-2/h4-9,12,24H,3,10-11,13-14H2,1-2H3. The normalized spacial score (nSPS) is 15.2. The molecule has 0 saturated heterocycles. The van der Waals surface area contributed by atoms with Crippen molar-refractivity contribution in [2.24, 2.45) is 5.41 Å². The van der Waals surface area contributed by atoms with Crippen LogP contribution in [0, 0.1) is 11.2 Å². The number of hydrogen-bond donors (Lipinski definition) is 1. The van der Waals surface area contributed by atoms with E-state index in [1.165, 1.54) is 12.1 Å². The summed E-state index contributed by atoms with van der Waals surface area (Å²) in [6, 6.07) is 11.4. The first-order valence-electron chi connectivity index (χ1n) is 8.78. The number of ether oxygens (including phenoxy) is 1. The summed E-state index contributed by atoms with van der Waals surface area (Å²) in [7, 11) is 3.31. The van der Waals surface area contributed by atoms with Crippen LogP contribution in [0.15, 0.2) is 42.5 Å². The van der Waals surface area contributed by atoms with Gasteiger partial charge in [-0.1, -0.05) is 18.6 Å². The van der Waals surface area contributed by atoms with Crippen LogP contribution in [-0.2, 0) is 0 Å². The van der Waals surface area contributed by atoms with Crippen molar-refractivity contribution in [3.05, 3.63) is 53.8 Å². The molecule has 0 aliphatic heterocycles. The van der Waals surface area contributed by atoms with E-state index < -0.39 is 0 Å². The van der Waals surface area contributed by atoms with Crippen LogP contribution < -0.4 is 4.74 Å². The molecule has 138 valence electrons. The summed E-state index contributed by atoms with van der Waals surface area (Å²) in [5, 5.41) is 9.59. The van der Waals surface area contributed by atoms with Crippen LogP contribution in [0.25, 0.3) is 11.1 Å². The van der Waals surface area contributed by atoms with Gasteiger partial charge in [0.1, 0.15) is 11.6 Å². The molecular weight excluding hydrogens is 333 g/mol. The average Bonchev–Trinajstić information content (AvgIpc) is 2.64. The first-order chi connectivity index (χ1) is 12.5. The molecular formula is C21H24FNO3. The minimum atomic E-state index is -0.338. The number of aliphatic hydroxyl groups excluding tert-OH is 1. The van der Waals surface area contributed by atoms with Crippen LogP contribution >= 0.6 is 0 Å². The van der Waals surface area contributed by atoms with Gasteiger partial charge in [-0.05, 0) is 48.7 Å². The molecule has 1 aliphatic carbocycles. The number of halogens is 1. The van der Waals surface area contributed by atoms with Crippen molar-refractivity contribution < 1.29 is 19.0 Å². The topological polar surface area (TPSA) is 49.8 Å². The van der Waals surface area contributed by atoms with Crippen LogP contribution in [0.1, 0.15) is 29.6 Å². The average molecular weight is 357 g/mol. The highest BCUT2D eigenvalue weighted by molar-refractivity contribution is 5.94. The Hall–Kier alpha value is -2.40. The second kappa shape index (κ2) is 7.46. The Kier molecular flexibility index (Phi) is 5.28. The van der Waals surface area contributed by atoms with E-state index in [0.717, 1.165) is 24.8 Å². The van der Waals surface area contributed by atoms with Crippen LogP contribution in [-0.4, -0.2) is 43.2 Å². The van der Waals surface area contributed by atoms with Gasteiger partial charge >= 0.3 is 0 Å². The Morgan fingerprint density at radius 1 is 1.23 bits per heavy atom. The maximum absolute atomic E-state index is 13.6. The lowest BCUT2D eigenvalue weighted by Gasteiger charge is -2.42. The van der Waals surface area contributed by atoms with Crippen LogP contribution in [0.2, 0.25) is 0 Å². The number of carbonyl (C=O) groups is 1. The van der Waals surface area contributed by atoms with E-state index in [2.05, 4.69) is 0 Å². The molecule has 0 heterocycles. The molecule has 26 heavy (non-hydrogen) atoms. The molecule has 0 radical (unpaired) electrons. The number of rotatable bonds is 6. The molecule has 1 fully saturated rings. The lowest BCUT2D eigenvalue weighted by Crippen LogP contribution is -2.45. The maximum atomic E-state index is 13.6. The number of amides is 1. The Balaban J connectivity index is 1.77. The zero-order chi connectivity index (χ0) is 18.7. The van der Waals surface area contributed by atoms with E-state index in [0.29, 0.717) is 23.4 Å². The summed E-state index contributed by atoms with van der Waals surface area (Å²) in [5.74, 6) is 0.162. The van der Waals surface area contributed by atoms with Crippen molar-refractivity contribution in [1.82, 2.24) is 4.90 Å². The fourth-order valence-corrected chi connectivity index (χ4v) is 3.54. The Bertz CT molecular complexity index is 779. The highest BCUT2D eigenvalue weighted by Crippen LogP contribution is 2.41. The third-order valence-corrected chi connectivity index (χ3v) is 5.27. The molecule has 0 aromatic heterocycles. The van der Waals surface area contributed by atoms with Crippen molar-refractivity contribution in [2.75, 3.05) is 27.3 Å². The van der Waals surface area contributed by atoms with E-state index >= 15 is 0 Å². The second-order valence-electron chi connectivity index (χ2n) is 7.09. The first kappa shape index (κ1) is 18.4. The monoisotopic (exact) mass is 357 g/mol. The number of methoxy groups -OCH3 is 1. The quantitative estimate of drug-likeness (QED) is 0.857. The van der Waals surface area contributed by atoms with E-state index in [1.54, 1.807) is 49.4 Å². The molecule has 3 rings (SSSR count). The van der Waals surface area contributed by atoms with Crippen molar-refractivity contribution in [3.63, 3.8) is 0 Å². The smallest absolute Gasteiger partial charge is 0.253 e. The minimum absolute atomic E-state index is 0.0810. The highest BCUT2D eigenvalue weighted by atomic mass is 19.1. The van der Waals surface area contributed by atoms with Gasteiger partial charge in [0, 0.05) is 30.1 Å². The van der Waals surface area contributed by atoms with Crippen molar-refractivity contribution >= 4 is 5.91 Å². The predicted molar refractivity (Wildman–Crippen MR) is 98.7 cm³/mol. The van der Waals surface area contributed by atoms with E-state index in [1.807, 2.05) is 0 Å². The first-order valence-corrected chi connectivity index (χ1v) is 8.78. The molecule has 1 saturated carbocycles. The molecule has 0 spiro atoms. The van der Waals surface area contributed by atoms with E-state index in [4.69, 9.17) is 4.74 Å². The molecule has 5 heteroatoms. The lowest BCUT2D eigenvalue weighted by atomic mass is 9.69. The molecule has 1 N–H and O–H groups in total. The molecule has 4 nitrogen and oxygen atoms in total. The molecule has 2 aromatic carbocycles. The van der Waals surface area contributed by atoms with Gasteiger partial charge < -0.3 is 14.7 Å². The number of nitrogens with zero attached hydrogens (tertiary/aromatic N) is 1. The molecule has 1 amide bonds. The van der Waals surface area contributed by atoms with Gasteiger partial charge in [0.25, 0.3) is 5.91 Å². The third-order valence-electron chi connectivity index (χ3n) is 5.27. The molecule has 0 unspecified atom stereocenters. The Labute approximate surface area is 153 Å². The van der Waals surface area contributed by atoms with Crippen LogP contribution in [0.3, 0.4) is 0 Å². The van der Waals surface area contributed by atoms with Gasteiger partial charge in [-0.25, -0.2) is 4.39 Å². The van der Waals surface area contributed by atoms with Crippen molar-refractivity contribution in [2.45, 2.75) is 19.3 Å². The fraction of sp³-hybridized carbons (Fsp3) is 0.381. The van der Waals surface area contributed by atoms with Crippen LogP contribution in [0.4, 0.5) is 4.39 Å². The summed E-state index contributed by atoms with van der Waals surface area (Å²) in [6.45, 7) is 0.671. The summed E-state index contributed by atoms with van der Waals surface area (Å²) < 4.78 is 18.9. The molecule has 0 bridgehead atoms. The SMILES string of the molecule is COc1ccc(F)cc1-c1ccc(C(=O)N(C)CC2(CO)CCC2)cc1. The minimum Gasteiger partial charge on any atom is -0.496 e. The van der Waals surface area contributed by atoms with E-state index in [-0.39, 0.29) is 23.7 Å². The van der Waals surface area contributed by atoms with Crippen LogP contribution in [0.5, 0.6) is 5.75 Å². The molecule has 2 aromatic rings. The third kappa shape index (κ3) is 3.58. The van der Waals surface area contributed by atoms with Gasteiger partial charge in [-0.15, -0.1) is 0 Å². The van der Waals surface area contributed by atoms with Gasteiger partial charge in [-0.3, -0.25) is 4.79 Å². The highest BCUT2D eigenvalue weighted by Gasteiger charge is 2.38. The number of hydrogen-bond acceptors (Lipinski definition) is 3. The van der Waals surface area contributed by atoms with Gasteiger partial charge in [0.2, 0.25) is 0 Å². The molecule has 0 atom stereocenters. The largest absolute Gasteiger partial charge is 0.496 e. The zero-order valence-electron chi connectivity index (χ0n) is 15.2. The fourth-order valence-electron chi connectivity index (χ4n) is 3.54. The number of aliphatic hydroxyl groups is 1. The Morgan fingerprint density at radius 2 is 1.92 bits per heavy atom. The van der Waals surface area contributed by atoms with Gasteiger partial charge in [0.15, 0.2) is 0 Å².